The van der Waals surface area contributed by atoms with Crippen molar-refractivity contribution in [2.24, 2.45) is 0 Å². The fraction of sp³-hybridized carbons (Fsp3) is 0.500. The number of hydrogen-bond donors (Lipinski definition) is 1. The van der Waals surface area contributed by atoms with Crippen molar-refractivity contribution < 1.29 is 9.53 Å². The minimum absolute atomic E-state index is 0.106. The van der Waals surface area contributed by atoms with Crippen molar-refractivity contribution in [2.75, 3.05) is 0 Å². The van der Waals surface area contributed by atoms with Crippen molar-refractivity contribution in [3.05, 3.63) is 29.8 Å². The Morgan fingerprint density at radius 3 is 2.78 bits per heavy atom. The fourth-order valence-electron chi connectivity index (χ4n) is 1.67. The van der Waals surface area contributed by atoms with Crippen molar-refractivity contribution in [1.29, 1.82) is 0 Å². The lowest BCUT2D eigenvalue weighted by Crippen LogP contribution is -2.28. The van der Waals surface area contributed by atoms with Crippen LogP contribution in [0, 0.1) is 0 Å². The van der Waals surface area contributed by atoms with Gasteiger partial charge in [-0.15, -0.1) is 11.6 Å². The first kappa shape index (κ1) is 13.2. The Morgan fingerprint density at radius 2 is 2.17 bits per heavy atom. The molecule has 1 atom stereocenters. The van der Waals surface area contributed by atoms with Crippen LogP contribution in [-0.4, -0.2) is 18.1 Å². The van der Waals surface area contributed by atoms with Crippen LogP contribution in [0.4, 0.5) is 0 Å². The number of rotatable bonds is 5. The van der Waals surface area contributed by atoms with Crippen LogP contribution in [-0.2, 0) is 4.79 Å². The quantitative estimate of drug-likeness (QED) is 0.833. The number of halogens is 1. The Morgan fingerprint density at radius 1 is 1.44 bits per heavy atom. The van der Waals surface area contributed by atoms with Gasteiger partial charge >= 0.3 is 0 Å². The first-order chi connectivity index (χ1) is 8.56. The van der Waals surface area contributed by atoms with Gasteiger partial charge in [0.1, 0.15) is 11.1 Å². The standard InChI is InChI=1S/C14H18ClNO2/c1-9(2)18-12-5-3-4-10(8-12)13(15)14(17)16-11-6-7-11/h3-5,8-9,11,13H,6-7H2,1-2H3,(H,16,17). The highest BCUT2D eigenvalue weighted by Gasteiger charge is 2.27. The van der Waals surface area contributed by atoms with Crippen LogP contribution in [0.15, 0.2) is 24.3 Å². The molecule has 1 aliphatic carbocycles. The number of hydrogen-bond acceptors (Lipinski definition) is 2. The summed E-state index contributed by atoms with van der Waals surface area (Å²) in [6.07, 6.45) is 2.23. The van der Waals surface area contributed by atoms with E-state index in [1.807, 2.05) is 38.1 Å². The first-order valence-corrected chi connectivity index (χ1v) is 6.71. The molecule has 0 bridgehead atoms. The van der Waals surface area contributed by atoms with Gasteiger partial charge in [0.15, 0.2) is 0 Å². The highest BCUT2D eigenvalue weighted by Crippen LogP contribution is 2.27. The van der Waals surface area contributed by atoms with Crippen LogP contribution in [0.1, 0.15) is 37.6 Å². The predicted octanol–water partition coefficient (Wildman–Crippen LogP) is 3.03. The molecule has 1 saturated carbocycles. The maximum absolute atomic E-state index is 11.8. The van der Waals surface area contributed by atoms with Crippen molar-refractivity contribution in [3.8, 4) is 5.75 Å². The lowest BCUT2D eigenvalue weighted by atomic mass is 10.1. The summed E-state index contributed by atoms with van der Waals surface area (Å²) in [4.78, 5) is 11.8. The van der Waals surface area contributed by atoms with Gasteiger partial charge in [0.05, 0.1) is 6.10 Å². The molecule has 0 heterocycles. The number of nitrogens with one attached hydrogen (secondary N) is 1. The fourth-order valence-corrected chi connectivity index (χ4v) is 1.87. The third kappa shape index (κ3) is 3.64. The number of carbonyl (C=O) groups is 1. The Bertz CT molecular complexity index is 430. The molecule has 1 fully saturated rings. The van der Waals surface area contributed by atoms with Gasteiger partial charge in [-0.1, -0.05) is 12.1 Å². The van der Waals surface area contributed by atoms with E-state index >= 15 is 0 Å². The summed E-state index contributed by atoms with van der Waals surface area (Å²) >= 11 is 6.17. The minimum atomic E-state index is -0.652. The van der Waals surface area contributed by atoms with E-state index in [2.05, 4.69) is 5.32 Å². The number of alkyl halides is 1. The molecule has 1 aromatic rings. The van der Waals surface area contributed by atoms with E-state index in [0.29, 0.717) is 6.04 Å². The summed E-state index contributed by atoms with van der Waals surface area (Å²) in [7, 11) is 0. The number of carbonyl (C=O) groups excluding carboxylic acids is 1. The zero-order chi connectivity index (χ0) is 13.1. The van der Waals surface area contributed by atoms with Gasteiger partial charge in [-0.2, -0.15) is 0 Å². The Kier molecular flexibility index (Phi) is 4.12. The zero-order valence-electron chi connectivity index (χ0n) is 10.7. The summed E-state index contributed by atoms with van der Waals surface area (Å²) in [5, 5.41) is 2.25. The van der Waals surface area contributed by atoms with Crippen LogP contribution in [0.2, 0.25) is 0 Å². The van der Waals surface area contributed by atoms with Gasteiger partial charge in [0, 0.05) is 6.04 Å². The van der Waals surface area contributed by atoms with Crippen LogP contribution in [0.3, 0.4) is 0 Å². The van der Waals surface area contributed by atoms with E-state index in [0.717, 1.165) is 24.2 Å². The van der Waals surface area contributed by atoms with Crippen LogP contribution < -0.4 is 10.1 Å². The molecule has 1 amide bonds. The molecular formula is C14H18ClNO2. The van der Waals surface area contributed by atoms with E-state index in [4.69, 9.17) is 16.3 Å². The molecular weight excluding hydrogens is 250 g/mol. The number of amides is 1. The lowest BCUT2D eigenvalue weighted by Gasteiger charge is -2.13. The molecule has 1 aromatic carbocycles. The summed E-state index contributed by atoms with van der Waals surface area (Å²) in [5.74, 6) is 0.619. The number of ether oxygens (including phenoxy) is 1. The molecule has 0 aromatic heterocycles. The second-order valence-electron chi connectivity index (χ2n) is 4.88. The average Bonchev–Trinajstić information content (AvgIpc) is 3.11. The molecule has 18 heavy (non-hydrogen) atoms. The molecule has 0 aliphatic heterocycles. The average molecular weight is 268 g/mol. The SMILES string of the molecule is CC(C)Oc1cccc(C(Cl)C(=O)NC2CC2)c1. The molecule has 0 spiro atoms. The van der Waals surface area contributed by atoms with E-state index in [1.165, 1.54) is 0 Å². The maximum Gasteiger partial charge on any atom is 0.242 e. The molecule has 98 valence electrons. The summed E-state index contributed by atoms with van der Waals surface area (Å²) in [6, 6.07) is 7.72. The largest absolute Gasteiger partial charge is 0.491 e. The second-order valence-corrected chi connectivity index (χ2v) is 5.32. The van der Waals surface area contributed by atoms with Crippen molar-refractivity contribution in [2.45, 2.75) is 44.2 Å². The third-order valence-electron chi connectivity index (χ3n) is 2.68. The molecule has 0 radical (unpaired) electrons. The van der Waals surface area contributed by atoms with Crippen LogP contribution in [0.25, 0.3) is 0 Å². The van der Waals surface area contributed by atoms with Gasteiger partial charge in [-0.3, -0.25) is 4.79 Å². The summed E-state index contributed by atoms with van der Waals surface area (Å²) in [6.45, 7) is 3.93. The summed E-state index contributed by atoms with van der Waals surface area (Å²) < 4.78 is 5.59. The van der Waals surface area contributed by atoms with Gasteiger partial charge in [0.25, 0.3) is 0 Å². The third-order valence-corrected chi connectivity index (χ3v) is 3.13. The molecule has 3 nitrogen and oxygen atoms in total. The van der Waals surface area contributed by atoms with Gasteiger partial charge < -0.3 is 10.1 Å². The van der Waals surface area contributed by atoms with Gasteiger partial charge in [-0.05, 0) is 44.4 Å². The Balaban J connectivity index is 2.03. The molecule has 1 aliphatic rings. The molecule has 0 saturated heterocycles. The second kappa shape index (κ2) is 5.61. The van der Waals surface area contributed by atoms with Crippen molar-refractivity contribution in [1.82, 2.24) is 5.32 Å². The topological polar surface area (TPSA) is 38.3 Å². The Hall–Kier alpha value is -1.22. The molecule has 4 heteroatoms. The van der Waals surface area contributed by atoms with E-state index < -0.39 is 5.38 Å². The highest BCUT2D eigenvalue weighted by molar-refractivity contribution is 6.30. The van der Waals surface area contributed by atoms with Crippen LogP contribution >= 0.6 is 11.6 Å². The number of benzene rings is 1. The smallest absolute Gasteiger partial charge is 0.242 e. The van der Waals surface area contributed by atoms with E-state index in [-0.39, 0.29) is 12.0 Å². The molecule has 2 rings (SSSR count). The lowest BCUT2D eigenvalue weighted by molar-refractivity contribution is -0.121. The normalized spacial score (nSPS) is 16.4. The molecule has 1 unspecified atom stereocenters. The predicted molar refractivity (Wildman–Crippen MR) is 72.0 cm³/mol. The van der Waals surface area contributed by atoms with Gasteiger partial charge in [-0.25, -0.2) is 0 Å². The molecule has 1 N–H and O–H groups in total. The van der Waals surface area contributed by atoms with Crippen LogP contribution in [0.5, 0.6) is 5.75 Å². The van der Waals surface area contributed by atoms with Gasteiger partial charge in [0.2, 0.25) is 5.91 Å². The van der Waals surface area contributed by atoms with E-state index in [9.17, 15) is 4.79 Å². The highest BCUT2D eigenvalue weighted by atomic mass is 35.5. The Labute approximate surface area is 112 Å². The minimum Gasteiger partial charge on any atom is -0.491 e. The van der Waals surface area contributed by atoms with E-state index in [1.54, 1.807) is 0 Å². The maximum atomic E-state index is 11.8. The zero-order valence-corrected chi connectivity index (χ0v) is 11.4. The first-order valence-electron chi connectivity index (χ1n) is 6.27. The van der Waals surface area contributed by atoms with Crippen molar-refractivity contribution >= 4 is 17.5 Å². The monoisotopic (exact) mass is 267 g/mol. The van der Waals surface area contributed by atoms with Crippen molar-refractivity contribution in [3.63, 3.8) is 0 Å². The summed E-state index contributed by atoms with van der Waals surface area (Å²) in [5.41, 5.74) is 0.771.